The molecule has 0 fully saturated rings. The minimum absolute atomic E-state index is 0.150. The fourth-order valence-electron chi connectivity index (χ4n) is 1.01. The molecule has 0 unspecified atom stereocenters. The quantitative estimate of drug-likeness (QED) is 0.821. The number of halogens is 2. The summed E-state index contributed by atoms with van der Waals surface area (Å²) < 4.78 is 4.99. The van der Waals surface area contributed by atoms with E-state index in [4.69, 9.17) is 27.9 Å². The first-order chi connectivity index (χ1) is 7.58. The number of carbonyl (C=O) groups excluding carboxylic acids is 1. The summed E-state index contributed by atoms with van der Waals surface area (Å²) in [5, 5.41) is 0.751. The van der Waals surface area contributed by atoms with E-state index in [1.807, 2.05) is 0 Å². The van der Waals surface area contributed by atoms with Crippen LogP contribution in [0, 0.1) is 0 Å². The van der Waals surface area contributed by atoms with Crippen LogP contribution in [0.2, 0.25) is 10.0 Å². The Morgan fingerprint density at radius 3 is 2.38 bits per heavy atom. The van der Waals surface area contributed by atoms with Gasteiger partial charge in [-0.05, 0) is 0 Å². The molecular formula is C10H12Cl2N2O2. The number of amides is 1. The molecule has 0 aliphatic rings. The normalized spacial score (nSPS) is 9.75. The average Bonchev–Trinajstić information content (AvgIpc) is 2.27. The zero-order chi connectivity index (χ0) is 12.1. The number of rotatable bonds is 4. The van der Waals surface area contributed by atoms with Crippen LogP contribution in [0.25, 0.3) is 0 Å². The van der Waals surface area contributed by atoms with E-state index < -0.39 is 0 Å². The zero-order valence-electron chi connectivity index (χ0n) is 8.93. The molecule has 88 valence electrons. The molecule has 1 rings (SSSR count). The van der Waals surface area contributed by atoms with Crippen LogP contribution in [0.5, 0.6) is 5.75 Å². The highest BCUT2D eigenvalue weighted by molar-refractivity contribution is 6.39. The van der Waals surface area contributed by atoms with Gasteiger partial charge in [-0.3, -0.25) is 15.6 Å². The van der Waals surface area contributed by atoms with E-state index in [9.17, 15) is 4.79 Å². The molecule has 0 bridgehead atoms. The number of hydrogen-bond donors (Lipinski definition) is 2. The Bertz CT molecular complexity index is 373. The number of ether oxygens (including phenoxy) is 1. The van der Waals surface area contributed by atoms with E-state index in [0.29, 0.717) is 27.9 Å². The molecule has 0 saturated carbocycles. The molecule has 2 N–H and O–H groups in total. The van der Waals surface area contributed by atoms with Gasteiger partial charge in [0, 0.05) is 18.6 Å². The van der Waals surface area contributed by atoms with Crippen molar-refractivity contribution < 1.29 is 9.53 Å². The Morgan fingerprint density at radius 1 is 1.38 bits per heavy atom. The van der Waals surface area contributed by atoms with Gasteiger partial charge in [0.2, 0.25) is 5.91 Å². The van der Waals surface area contributed by atoms with Gasteiger partial charge in [-0.1, -0.05) is 30.1 Å². The monoisotopic (exact) mass is 262 g/mol. The van der Waals surface area contributed by atoms with Crippen molar-refractivity contribution in [2.45, 2.75) is 13.3 Å². The molecular weight excluding hydrogens is 251 g/mol. The summed E-state index contributed by atoms with van der Waals surface area (Å²) in [5.74, 6) is 0.408. The summed E-state index contributed by atoms with van der Waals surface area (Å²) in [5.41, 5.74) is 5.58. The van der Waals surface area contributed by atoms with Crippen molar-refractivity contribution in [3.63, 3.8) is 0 Å². The maximum atomic E-state index is 11.0. The van der Waals surface area contributed by atoms with Crippen LogP contribution in [0.3, 0.4) is 0 Å². The zero-order valence-corrected chi connectivity index (χ0v) is 10.4. The number of benzene rings is 1. The first-order valence-electron chi connectivity index (χ1n) is 4.66. The molecule has 0 aliphatic heterocycles. The number of carbonyl (C=O) groups is 1. The third kappa shape index (κ3) is 3.18. The lowest BCUT2D eigenvalue weighted by atomic mass is 10.3. The largest absolute Gasteiger partial charge is 0.497 e. The Balaban J connectivity index is 2.84. The molecule has 4 nitrogen and oxygen atoms in total. The first-order valence-corrected chi connectivity index (χ1v) is 5.42. The first kappa shape index (κ1) is 12.9. The molecule has 0 spiro atoms. The van der Waals surface area contributed by atoms with Crippen LogP contribution in [0.1, 0.15) is 13.3 Å². The van der Waals surface area contributed by atoms with Crippen molar-refractivity contribution in [3.8, 4) is 5.75 Å². The Kier molecular flexibility index (Phi) is 4.71. The van der Waals surface area contributed by atoms with Crippen molar-refractivity contribution in [1.82, 2.24) is 5.43 Å². The number of nitrogens with one attached hydrogen (secondary N) is 2. The summed E-state index contributed by atoms with van der Waals surface area (Å²) in [7, 11) is 1.52. The summed E-state index contributed by atoms with van der Waals surface area (Å²) in [4.78, 5) is 11.0. The van der Waals surface area contributed by atoms with Crippen molar-refractivity contribution >= 4 is 34.8 Å². The molecule has 6 heteroatoms. The fourth-order valence-corrected chi connectivity index (χ4v) is 1.57. The van der Waals surface area contributed by atoms with Gasteiger partial charge in [0.05, 0.1) is 22.8 Å². The SMILES string of the molecule is CCC(=O)NNc1c(Cl)cc(OC)cc1Cl. The minimum Gasteiger partial charge on any atom is -0.497 e. The van der Waals surface area contributed by atoms with Gasteiger partial charge < -0.3 is 4.74 Å². The molecule has 0 heterocycles. The van der Waals surface area contributed by atoms with Crippen molar-refractivity contribution in [2.24, 2.45) is 0 Å². The fraction of sp³-hybridized carbons (Fsp3) is 0.300. The lowest BCUT2D eigenvalue weighted by Crippen LogP contribution is -2.28. The van der Waals surface area contributed by atoms with Gasteiger partial charge in [-0.2, -0.15) is 0 Å². The summed E-state index contributed by atoms with van der Waals surface area (Å²) in [6.07, 6.45) is 0.373. The van der Waals surface area contributed by atoms with Gasteiger partial charge >= 0.3 is 0 Å². The van der Waals surface area contributed by atoms with Gasteiger partial charge in [-0.15, -0.1) is 0 Å². The Hall–Kier alpha value is -1.13. The Morgan fingerprint density at radius 2 is 1.94 bits per heavy atom. The lowest BCUT2D eigenvalue weighted by Gasteiger charge is -2.12. The molecule has 1 amide bonds. The second kappa shape index (κ2) is 5.82. The van der Waals surface area contributed by atoms with E-state index >= 15 is 0 Å². The third-order valence-corrected chi connectivity index (χ3v) is 2.50. The molecule has 0 radical (unpaired) electrons. The molecule has 0 atom stereocenters. The number of hydrazine groups is 1. The highest BCUT2D eigenvalue weighted by Gasteiger charge is 2.09. The highest BCUT2D eigenvalue weighted by Crippen LogP contribution is 2.34. The number of methoxy groups -OCH3 is 1. The summed E-state index contributed by atoms with van der Waals surface area (Å²) in [6.45, 7) is 1.74. The van der Waals surface area contributed by atoms with Crippen LogP contribution in [0.4, 0.5) is 5.69 Å². The maximum absolute atomic E-state index is 11.0. The Labute approximate surface area is 104 Å². The van der Waals surface area contributed by atoms with Crippen LogP contribution in [-0.4, -0.2) is 13.0 Å². The van der Waals surface area contributed by atoms with E-state index in [2.05, 4.69) is 10.9 Å². The second-order valence-corrected chi connectivity index (χ2v) is 3.81. The topological polar surface area (TPSA) is 50.4 Å². The van der Waals surface area contributed by atoms with Gasteiger partial charge in [0.25, 0.3) is 0 Å². The van der Waals surface area contributed by atoms with Crippen molar-refractivity contribution in [1.29, 1.82) is 0 Å². The van der Waals surface area contributed by atoms with Gasteiger partial charge in [0.15, 0.2) is 0 Å². The standard InChI is InChI=1S/C10H12Cl2N2O2/c1-3-9(15)13-14-10-7(11)4-6(16-2)5-8(10)12/h4-5,14H,3H2,1-2H3,(H,13,15). The number of hydrogen-bond acceptors (Lipinski definition) is 3. The van der Waals surface area contributed by atoms with E-state index in [0.717, 1.165) is 0 Å². The molecule has 16 heavy (non-hydrogen) atoms. The molecule has 0 aliphatic carbocycles. The van der Waals surface area contributed by atoms with Crippen LogP contribution < -0.4 is 15.6 Å². The highest BCUT2D eigenvalue weighted by atomic mass is 35.5. The average molecular weight is 263 g/mol. The van der Waals surface area contributed by atoms with E-state index in [1.54, 1.807) is 19.1 Å². The van der Waals surface area contributed by atoms with E-state index in [-0.39, 0.29) is 5.91 Å². The third-order valence-electron chi connectivity index (χ3n) is 1.90. The predicted molar refractivity (Wildman–Crippen MR) is 65.1 cm³/mol. The smallest absolute Gasteiger partial charge is 0.238 e. The summed E-state index contributed by atoms with van der Waals surface area (Å²) in [6, 6.07) is 3.21. The molecule has 1 aromatic carbocycles. The molecule has 0 aromatic heterocycles. The van der Waals surface area contributed by atoms with Crippen LogP contribution >= 0.6 is 23.2 Å². The maximum Gasteiger partial charge on any atom is 0.238 e. The lowest BCUT2D eigenvalue weighted by molar-refractivity contribution is -0.120. The number of anilines is 1. The van der Waals surface area contributed by atoms with Crippen LogP contribution in [-0.2, 0) is 4.79 Å². The van der Waals surface area contributed by atoms with Gasteiger partial charge in [0.1, 0.15) is 5.75 Å². The van der Waals surface area contributed by atoms with Crippen molar-refractivity contribution in [2.75, 3.05) is 12.5 Å². The predicted octanol–water partition coefficient (Wildman–Crippen LogP) is 2.86. The molecule has 0 saturated heterocycles. The summed E-state index contributed by atoms with van der Waals surface area (Å²) >= 11 is 11.9. The van der Waals surface area contributed by atoms with E-state index in [1.165, 1.54) is 7.11 Å². The van der Waals surface area contributed by atoms with Crippen molar-refractivity contribution in [3.05, 3.63) is 22.2 Å². The molecule has 1 aromatic rings. The second-order valence-electron chi connectivity index (χ2n) is 2.99. The van der Waals surface area contributed by atoms with Crippen LogP contribution in [0.15, 0.2) is 12.1 Å². The minimum atomic E-state index is -0.150. The van der Waals surface area contributed by atoms with Gasteiger partial charge in [-0.25, -0.2) is 0 Å².